The van der Waals surface area contributed by atoms with Crippen molar-refractivity contribution in [2.24, 2.45) is 0 Å². The van der Waals surface area contributed by atoms with Gasteiger partial charge in [-0.15, -0.1) is 0 Å². The fourth-order valence-corrected chi connectivity index (χ4v) is 2.38. The van der Waals surface area contributed by atoms with Crippen LogP contribution in [-0.4, -0.2) is 9.78 Å². The zero-order valence-corrected chi connectivity index (χ0v) is 12.7. The minimum atomic E-state index is -0.259. The summed E-state index contributed by atoms with van der Waals surface area (Å²) in [7, 11) is 0. The molecule has 0 saturated carbocycles. The van der Waals surface area contributed by atoms with Gasteiger partial charge in [0, 0.05) is 10.0 Å². The number of anilines is 1. The molecule has 0 spiro atoms. The molecule has 0 aliphatic carbocycles. The molecule has 2 aromatic rings. The summed E-state index contributed by atoms with van der Waals surface area (Å²) in [6, 6.07) is 4.60. The largest absolute Gasteiger partial charge is 0.383 e. The summed E-state index contributed by atoms with van der Waals surface area (Å²) < 4.78 is 17.1. The standard InChI is InChI=1S/C11H10BrFIN3/c1-6(17-11(15)10(14)5-16-17)8-4-7(12)2-3-9(8)13/h2-6H,15H2,1H3. The van der Waals surface area contributed by atoms with E-state index in [1.807, 2.05) is 6.92 Å². The van der Waals surface area contributed by atoms with Crippen LogP contribution in [0.1, 0.15) is 18.5 Å². The van der Waals surface area contributed by atoms with Gasteiger partial charge in [0.15, 0.2) is 0 Å². The first-order valence-corrected chi connectivity index (χ1v) is 6.81. The Kier molecular flexibility index (Phi) is 3.72. The van der Waals surface area contributed by atoms with Crippen molar-refractivity contribution in [2.75, 3.05) is 5.73 Å². The zero-order chi connectivity index (χ0) is 12.6. The van der Waals surface area contributed by atoms with Crippen LogP contribution in [0.5, 0.6) is 0 Å². The quantitative estimate of drug-likeness (QED) is 0.770. The second-order valence-electron chi connectivity index (χ2n) is 3.66. The van der Waals surface area contributed by atoms with Crippen LogP contribution in [0.15, 0.2) is 28.9 Å². The summed E-state index contributed by atoms with van der Waals surface area (Å²) in [6.45, 7) is 1.87. The van der Waals surface area contributed by atoms with Crippen LogP contribution < -0.4 is 5.73 Å². The highest BCUT2D eigenvalue weighted by Gasteiger charge is 2.17. The van der Waals surface area contributed by atoms with Crippen LogP contribution in [0, 0.1) is 9.39 Å². The highest BCUT2D eigenvalue weighted by molar-refractivity contribution is 14.1. The lowest BCUT2D eigenvalue weighted by Crippen LogP contribution is -2.13. The lowest BCUT2D eigenvalue weighted by molar-refractivity contribution is 0.526. The van der Waals surface area contributed by atoms with Crippen molar-refractivity contribution < 1.29 is 4.39 Å². The van der Waals surface area contributed by atoms with E-state index in [1.165, 1.54) is 6.07 Å². The van der Waals surface area contributed by atoms with Crippen molar-refractivity contribution in [2.45, 2.75) is 13.0 Å². The number of nitrogen functional groups attached to an aromatic ring is 1. The zero-order valence-electron chi connectivity index (χ0n) is 8.99. The van der Waals surface area contributed by atoms with Gasteiger partial charge in [-0.2, -0.15) is 5.10 Å². The third-order valence-corrected chi connectivity index (χ3v) is 3.89. The Labute approximate surface area is 120 Å². The molecule has 0 amide bonds. The van der Waals surface area contributed by atoms with Crippen LogP contribution in [0.4, 0.5) is 10.2 Å². The number of rotatable bonds is 2. The van der Waals surface area contributed by atoms with Crippen LogP contribution in [0.3, 0.4) is 0 Å². The second-order valence-corrected chi connectivity index (χ2v) is 5.74. The van der Waals surface area contributed by atoms with Gasteiger partial charge in [0.05, 0.1) is 15.8 Å². The first-order chi connectivity index (χ1) is 8.00. The van der Waals surface area contributed by atoms with Gasteiger partial charge in [-0.05, 0) is 47.7 Å². The molecule has 1 heterocycles. The molecule has 0 saturated heterocycles. The van der Waals surface area contributed by atoms with Crippen molar-refractivity contribution >= 4 is 44.3 Å². The van der Waals surface area contributed by atoms with E-state index >= 15 is 0 Å². The number of nitrogens with zero attached hydrogens (tertiary/aromatic N) is 2. The Bertz CT molecular complexity index is 556. The molecule has 0 fully saturated rings. The van der Waals surface area contributed by atoms with Crippen molar-refractivity contribution in [1.29, 1.82) is 0 Å². The maximum atomic E-state index is 13.7. The predicted molar refractivity (Wildman–Crippen MR) is 77.3 cm³/mol. The van der Waals surface area contributed by atoms with E-state index in [0.29, 0.717) is 11.4 Å². The van der Waals surface area contributed by atoms with Gasteiger partial charge in [0.25, 0.3) is 0 Å². The molecule has 90 valence electrons. The Hall–Kier alpha value is -0.630. The van der Waals surface area contributed by atoms with Crippen molar-refractivity contribution in [3.8, 4) is 0 Å². The lowest BCUT2D eigenvalue weighted by atomic mass is 10.1. The van der Waals surface area contributed by atoms with Gasteiger partial charge in [0.1, 0.15) is 11.6 Å². The first-order valence-electron chi connectivity index (χ1n) is 4.94. The molecule has 0 aliphatic heterocycles. The van der Waals surface area contributed by atoms with E-state index < -0.39 is 0 Å². The minimum absolute atomic E-state index is 0.240. The topological polar surface area (TPSA) is 43.8 Å². The summed E-state index contributed by atoms with van der Waals surface area (Å²) in [6.07, 6.45) is 1.67. The van der Waals surface area contributed by atoms with Gasteiger partial charge in [-0.25, -0.2) is 9.07 Å². The van der Waals surface area contributed by atoms with Gasteiger partial charge in [-0.1, -0.05) is 15.9 Å². The minimum Gasteiger partial charge on any atom is -0.383 e. The Morgan fingerprint density at radius 1 is 1.53 bits per heavy atom. The molecule has 6 heteroatoms. The highest BCUT2D eigenvalue weighted by atomic mass is 127. The van der Waals surface area contributed by atoms with Crippen LogP contribution in [0.25, 0.3) is 0 Å². The van der Waals surface area contributed by atoms with E-state index in [4.69, 9.17) is 5.73 Å². The third kappa shape index (κ3) is 2.47. The maximum absolute atomic E-state index is 13.7. The molecule has 1 unspecified atom stereocenters. The molecule has 0 bridgehead atoms. The van der Waals surface area contributed by atoms with Crippen LogP contribution in [-0.2, 0) is 0 Å². The van der Waals surface area contributed by atoms with E-state index in [9.17, 15) is 4.39 Å². The summed E-state index contributed by atoms with van der Waals surface area (Å²) in [5.41, 5.74) is 6.45. The molecule has 0 radical (unpaired) electrons. The van der Waals surface area contributed by atoms with Gasteiger partial charge in [-0.3, -0.25) is 0 Å². The molecule has 1 aromatic carbocycles. The Balaban J connectivity index is 2.47. The fourth-order valence-electron chi connectivity index (χ4n) is 1.63. The lowest BCUT2D eigenvalue weighted by Gasteiger charge is -2.15. The first kappa shape index (κ1) is 12.8. The van der Waals surface area contributed by atoms with Crippen molar-refractivity contribution in [1.82, 2.24) is 9.78 Å². The molecular weight excluding hydrogens is 400 g/mol. The molecule has 1 aromatic heterocycles. The normalized spacial score (nSPS) is 12.7. The van der Waals surface area contributed by atoms with Gasteiger partial charge in [0.2, 0.25) is 0 Å². The van der Waals surface area contributed by atoms with Crippen molar-refractivity contribution in [3.05, 3.63) is 43.8 Å². The van der Waals surface area contributed by atoms with Crippen molar-refractivity contribution in [3.63, 3.8) is 0 Å². The van der Waals surface area contributed by atoms with E-state index in [-0.39, 0.29) is 11.9 Å². The second kappa shape index (κ2) is 4.93. The molecule has 3 nitrogen and oxygen atoms in total. The van der Waals surface area contributed by atoms with E-state index in [1.54, 1.807) is 23.0 Å². The summed E-state index contributed by atoms with van der Waals surface area (Å²) in [5, 5.41) is 4.16. The molecule has 17 heavy (non-hydrogen) atoms. The van der Waals surface area contributed by atoms with Gasteiger partial charge < -0.3 is 5.73 Å². The summed E-state index contributed by atoms with van der Waals surface area (Å²) in [5.74, 6) is 0.295. The number of hydrogen-bond acceptors (Lipinski definition) is 2. The Morgan fingerprint density at radius 2 is 2.24 bits per heavy atom. The molecule has 0 aliphatic rings. The number of benzene rings is 1. The molecule has 2 rings (SSSR count). The SMILES string of the molecule is CC(c1cc(Br)ccc1F)n1ncc(I)c1N. The Morgan fingerprint density at radius 3 is 2.82 bits per heavy atom. The van der Waals surface area contributed by atoms with E-state index in [0.717, 1.165) is 8.04 Å². The number of hydrogen-bond donors (Lipinski definition) is 1. The van der Waals surface area contributed by atoms with Crippen LogP contribution in [0.2, 0.25) is 0 Å². The highest BCUT2D eigenvalue weighted by Crippen LogP contribution is 2.27. The number of nitrogens with two attached hydrogens (primary N) is 1. The number of halogens is 3. The smallest absolute Gasteiger partial charge is 0.135 e. The monoisotopic (exact) mass is 409 g/mol. The molecule has 2 N–H and O–H groups in total. The molecule has 1 atom stereocenters. The maximum Gasteiger partial charge on any atom is 0.135 e. The molecular formula is C11H10BrFIN3. The summed E-state index contributed by atoms with van der Waals surface area (Å²) >= 11 is 5.43. The van der Waals surface area contributed by atoms with E-state index in [2.05, 4.69) is 43.6 Å². The predicted octanol–water partition coefficient (Wildman–Crippen LogP) is 3.58. The third-order valence-electron chi connectivity index (χ3n) is 2.56. The average molecular weight is 410 g/mol. The average Bonchev–Trinajstić information content (AvgIpc) is 2.62. The van der Waals surface area contributed by atoms with Gasteiger partial charge >= 0.3 is 0 Å². The fraction of sp³-hybridized carbons (Fsp3) is 0.182. The summed E-state index contributed by atoms with van der Waals surface area (Å²) in [4.78, 5) is 0. The number of aromatic nitrogens is 2. The van der Waals surface area contributed by atoms with Crippen LogP contribution >= 0.6 is 38.5 Å².